The van der Waals surface area contributed by atoms with E-state index in [0.29, 0.717) is 19.0 Å². The number of rotatable bonds is 6. The molecule has 0 saturated carbocycles. The fraction of sp³-hybridized carbons (Fsp3) is 0.368. The van der Waals surface area contributed by atoms with E-state index in [1.54, 1.807) is 4.90 Å². The summed E-state index contributed by atoms with van der Waals surface area (Å²) in [7, 11) is -3.29. The summed E-state index contributed by atoms with van der Waals surface area (Å²) in [4.78, 5) is 1.10. The highest BCUT2D eigenvalue weighted by Crippen LogP contribution is 2.38. The first kappa shape index (κ1) is 23.1. The zero-order valence-electron chi connectivity index (χ0n) is 16.3. The monoisotopic (exact) mass is 462 g/mol. The maximum atomic E-state index is 13.2. The first-order valence-corrected chi connectivity index (χ1v) is 10.6. The van der Waals surface area contributed by atoms with Crippen LogP contribution in [0.3, 0.4) is 0 Å². The molecule has 0 aliphatic carbocycles. The smallest absolute Gasteiger partial charge is 0.416 e. The lowest BCUT2D eigenvalue weighted by Crippen LogP contribution is -2.24. The number of aliphatic hydroxyl groups excluding tert-OH is 2. The van der Waals surface area contributed by atoms with Crippen LogP contribution in [0.1, 0.15) is 23.8 Å². The van der Waals surface area contributed by atoms with Crippen LogP contribution in [0.25, 0.3) is 0 Å². The highest BCUT2D eigenvalue weighted by molar-refractivity contribution is 7.92. The molecule has 1 fully saturated rings. The van der Waals surface area contributed by atoms with Crippen LogP contribution >= 0.6 is 0 Å². The Bertz CT molecular complexity index is 1060. The van der Waals surface area contributed by atoms with E-state index in [2.05, 4.69) is 4.72 Å². The molecule has 31 heavy (non-hydrogen) atoms. The molecule has 0 radical (unpaired) electrons. The van der Waals surface area contributed by atoms with Gasteiger partial charge in [0.25, 0.3) is 10.0 Å². The van der Waals surface area contributed by atoms with Gasteiger partial charge < -0.3 is 25.0 Å². The Kier molecular flexibility index (Phi) is 6.37. The second-order valence-corrected chi connectivity index (χ2v) is 8.66. The van der Waals surface area contributed by atoms with Gasteiger partial charge in [0.05, 0.1) is 30.2 Å². The van der Waals surface area contributed by atoms with E-state index in [4.69, 9.17) is 4.74 Å². The Morgan fingerprint density at radius 2 is 1.90 bits per heavy atom. The molecule has 2 aromatic rings. The summed E-state index contributed by atoms with van der Waals surface area (Å²) in [5.41, 5.74) is -1.36. The number of halogens is 3. The fourth-order valence-electron chi connectivity index (χ4n) is 3.29. The van der Waals surface area contributed by atoms with E-state index < -0.39 is 39.1 Å². The van der Waals surface area contributed by atoms with Gasteiger partial charge in [-0.15, -0.1) is 0 Å². The van der Waals surface area contributed by atoms with E-state index in [-0.39, 0.29) is 29.2 Å². The maximum absolute atomic E-state index is 13.2. The standard InChI is InChI=1S/C19H21F3N2O6S/c1-30-16-5-2-11(18(26)27)8-17(16)31(28,29)23-14-9-12(19(20,21)22)3-4-15(14)24-7-6-13(25)10-24/h2-5,8-9,13,18,23,25-27H,6-7,10H2,1H3/t13-/m0/s1. The molecular weight excluding hydrogens is 441 g/mol. The third-order valence-corrected chi connectivity index (χ3v) is 6.23. The minimum absolute atomic E-state index is 0.135. The van der Waals surface area contributed by atoms with E-state index in [1.807, 2.05) is 0 Å². The highest BCUT2D eigenvalue weighted by atomic mass is 32.2. The summed E-state index contributed by atoms with van der Waals surface area (Å²) < 4.78 is 73.0. The third-order valence-electron chi connectivity index (χ3n) is 4.85. The van der Waals surface area contributed by atoms with Crippen molar-refractivity contribution in [1.82, 2.24) is 0 Å². The van der Waals surface area contributed by atoms with E-state index in [0.717, 1.165) is 18.2 Å². The summed E-state index contributed by atoms with van der Waals surface area (Å²) in [6, 6.07) is 6.05. The molecule has 0 bridgehead atoms. The maximum Gasteiger partial charge on any atom is 0.416 e. The molecule has 1 aliphatic rings. The van der Waals surface area contributed by atoms with Gasteiger partial charge in [-0.3, -0.25) is 4.72 Å². The highest BCUT2D eigenvalue weighted by Gasteiger charge is 2.33. The van der Waals surface area contributed by atoms with Gasteiger partial charge in [0, 0.05) is 18.7 Å². The summed E-state index contributed by atoms with van der Waals surface area (Å²) in [6.07, 6.45) is -6.97. The van der Waals surface area contributed by atoms with Gasteiger partial charge in [-0.05, 0) is 36.8 Å². The van der Waals surface area contributed by atoms with Crippen molar-refractivity contribution in [3.05, 3.63) is 47.5 Å². The predicted octanol–water partition coefficient (Wildman–Crippen LogP) is 2.07. The van der Waals surface area contributed by atoms with Crippen molar-refractivity contribution in [1.29, 1.82) is 0 Å². The van der Waals surface area contributed by atoms with Crippen molar-refractivity contribution in [2.75, 3.05) is 29.8 Å². The molecule has 12 heteroatoms. The van der Waals surface area contributed by atoms with Gasteiger partial charge in [0.15, 0.2) is 6.29 Å². The first-order chi connectivity index (χ1) is 14.4. The van der Waals surface area contributed by atoms with E-state index >= 15 is 0 Å². The molecule has 1 saturated heterocycles. The molecule has 0 spiro atoms. The molecule has 4 N–H and O–H groups in total. The molecule has 1 aliphatic heterocycles. The quantitative estimate of drug-likeness (QED) is 0.485. The lowest BCUT2D eigenvalue weighted by atomic mass is 10.1. The second-order valence-electron chi connectivity index (χ2n) is 7.01. The summed E-state index contributed by atoms with van der Waals surface area (Å²) in [5, 5.41) is 28.5. The lowest BCUT2D eigenvalue weighted by molar-refractivity contribution is -0.137. The topological polar surface area (TPSA) is 119 Å². The van der Waals surface area contributed by atoms with E-state index in [1.165, 1.54) is 19.2 Å². The number of anilines is 2. The van der Waals surface area contributed by atoms with E-state index in [9.17, 15) is 36.9 Å². The number of nitrogens with one attached hydrogen (secondary N) is 1. The predicted molar refractivity (Wildman–Crippen MR) is 105 cm³/mol. The zero-order chi connectivity index (χ0) is 23.0. The van der Waals surface area contributed by atoms with Crippen LogP contribution < -0.4 is 14.4 Å². The van der Waals surface area contributed by atoms with Crippen molar-refractivity contribution in [2.24, 2.45) is 0 Å². The Hall–Kier alpha value is -2.54. The molecule has 170 valence electrons. The third kappa shape index (κ3) is 5.03. The Morgan fingerprint density at radius 3 is 2.45 bits per heavy atom. The number of hydrogen-bond donors (Lipinski definition) is 4. The van der Waals surface area contributed by atoms with Crippen LogP contribution in [0, 0.1) is 0 Å². The molecule has 8 nitrogen and oxygen atoms in total. The number of β-amino-alcohol motifs (C(OH)–C–C–N with tert-alkyl or cyclic N) is 1. The minimum Gasteiger partial charge on any atom is -0.495 e. The van der Waals surface area contributed by atoms with Crippen molar-refractivity contribution in [3.8, 4) is 5.75 Å². The first-order valence-electron chi connectivity index (χ1n) is 9.13. The molecule has 2 aromatic carbocycles. The minimum atomic E-state index is -4.71. The molecular formula is C19H21F3N2O6S. The number of hydrogen-bond acceptors (Lipinski definition) is 7. The number of alkyl halides is 3. The van der Waals surface area contributed by atoms with Gasteiger partial charge in [-0.25, -0.2) is 8.42 Å². The number of ether oxygens (including phenoxy) is 1. The Balaban J connectivity index is 2.08. The molecule has 0 aromatic heterocycles. The van der Waals surface area contributed by atoms with Crippen LogP contribution in [-0.2, 0) is 16.2 Å². The molecule has 0 unspecified atom stereocenters. The molecule has 0 amide bonds. The largest absolute Gasteiger partial charge is 0.495 e. The van der Waals surface area contributed by atoms with Crippen molar-refractivity contribution >= 4 is 21.4 Å². The van der Waals surface area contributed by atoms with Gasteiger partial charge in [0.1, 0.15) is 10.6 Å². The fourth-order valence-corrected chi connectivity index (χ4v) is 4.56. The van der Waals surface area contributed by atoms with Crippen molar-refractivity contribution in [2.45, 2.75) is 29.9 Å². The number of benzene rings is 2. The second kappa shape index (κ2) is 8.54. The lowest BCUT2D eigenvalue weighted by Gasteiger charge is -2.23. The van der Waals surface area contributed by atoms with Gasteiger partial charge in [-0.2, -0.15) is 13.2 Å². The summed E-state index contributed by atoms with van der Waals surface area (Å²) >= 11 is 0. The summed E-state index contributed by atoms with van der Waals surface area (Å²) in [6.45, 7) is 0.465. The SMILES string of the molecule is COc1ccc(C(O)O)cc1S(=O)(=O)Nc1cc(C(F)(F)F)ccc1N1CC[C@H](O)C1. The van der Waals surface area contributed by atoms with Gasteiger partial charge in [-0.1, -0.05) is 6.07 Å². The van der Waals surface area contributed by atoms with Crippen LogP contribution in [0.4, 0.5) is 24.5 Å². The Labute approximate surface area is 176 Å². The molecule has 1 heterocycles. The van der Waals surface area contributed by atoms with Gasteiger partial charge >= 0.3 is 6.18 Å². The summed E-state index contributed by atoms with van der Waals surface area (Å²) in [5.74, 6) is -0.137. The van der Waals surface area contributed by atoms with Crippen molar-refractivity contribution < 1.29 is 41.6 Å². The Morgan fingerprint density at radius 1 is 1.19 bits per heavy atom. The van der Waals surface area contributed by atoms with Crippen LogP contribution in [-0.4, -0.2) is 50.0 Å². The van der Waals surface area contributed by atoms with Crippen LogP contribution in [0.2, 0.25) is 0 Å². The number of methoxy groups -OCH3 is 1. The number of nitrogens with zero attached hydrogens (tertiary/aromatic N) is 1. The normalized spacial score (nSPS) is 17.3. The molecule has 3 rings (SSSR count). The number of sulfonamides is 1. The number of aliphatic hydroxyl groups is 3. The average Bonchev–Trinajstić information content (AvgIpc) is 3.12. The van der Waals surface area contributed by atoms with Crippen LogP contribution in [0.5, 0.6) is 5.75 Å². The average molecular weight is 462 g/mol. The molecule has 1 atom stereocenters. The zero-order valence-corrected chi connectivity index (χ0v) is 17.1. The van der Waals surface area contributed by atoms with Gasteiger partial charge in [0.2, 0.25) is 0 Å². The van der Waals surface area contributed by atoms with Crippen molar-refractivity contribution in [3.63, 3.8) is 0 Å². The van der Waals surface area contributed by atoms with Crippen LogP contribution in [0.15, 0.2) is 41.3 Å².